The quantitative estimate of drug-likeness (QED) is 0.272. The van der Waals surface area contributed by atoms with Crippen LogP contribution in [0.25, 0.3) is 0 Å². The van der Waals surface area contributed by atoms with Crippen LogP contribution in [0.2, 0.25) is 0 Å². The zero-order valence-corrected chi connectivity index (χ0v) is 22.2. The lowest BCUT2D eigenvalue weighted by molar-refractivity contribution is -0.132. The van der Waals surface area contributed by atoms with Crippen molar-refractivity contribution < 1.29 is 26.8 Å². The average Bonchev–Trinajstić information content (AvgIpc) is 3.70. The van der Waals surface area contributed by atoms with Crippen molar-refractivity contribution >= 4 is 15.7 Å². The second kappa shape index (κ2) is 12.0. The van der Waals surface area contributed by atoms with Gasteiger partial charge in [0.05, 0.1) is 56.1 Å². The minimum atomic E-state index is -4.01. The van der Waals surface area contributed by atoms with Gasteiger partial charge >= 0.3 is 0 Å². The molecule has 0 bridgehead atoms. The van der Waals surface area contributed by atoms with E-state index < -0.39 is 21.4 Å². The molecule has 204 valence electrons. The summed E-state index contributed by atoms with van der Waals surface area (Å²) in [7, 11) is -4.01. The molecular weight excluding hydrogens is 521 g/mol. The van der Waals surface area contributed by atoms with E-state index in [9.17, 15) is 17.6 Å². The summed E-state index contributed by atoms with van der Waals surface area (Å²) < 4.78 is 54.2. The summed E-state index contributed by atoms with van der Waals surface area (Å²) in [6.45, 7) is 1.19. The van der Waals surface area contributed by atoms with Crippen LogP contribution in [-0.4, -0.2) is 41.5 Å². The highest BCUT2D eigenvalue weighted by Gasteiger charge is 2.29. The number of carbonyl (C=O) groups excluding carboxylic acids is 1. The Morgan fingerprint density at radius 2 is 1.85 bits per heavy atom. The molecule has 0 N–H and O–H groups in total. The summed E-state index contributed by atoms with van der Waals surface area (Å²) in [5.41, 5.74) is 1.49. The van der Waals surface area contributed by atoms with Crippen molar-refractivity contribution in [2.24, 2.45) is 0 Å². The Labute approximate surface area is 227 Å². The molecule has 10 heteroatoms. The molecular formula is C29H30FN3O5S. The van der Waals surface area contributed by atoms with Gasteiger partial charge in [-0.1, -0.05) is 48.5 Å². The van der Waals surface area contributed by atoms with Crippen LogP contribution in [0.5, 0.6) is 0 Å². The van der Waals surface area contributed by atoms with Gasteiger partial charge in [-0.15, -0.1) is 0 Å². The minimum absolute atomic E-state index is 0.0724. The first-order chi connectivity index (χ1) is 18.9. The van der Waals surface area contributed by atoms with Crippen molar-refractivity contribution in [2.75, 3.05) is 6.61 Å². The number of furan rings is 1. The highest BCUT2D eigenvalue weighted by atomic mass is 32.2. The predicted octanol–water partition coefficient (Wildman–Crippen LogP) is 4.54. The van der Waals surface area contributed by atoms with Crippen LogP contribution in [0, 0.1) is 5.82 Å². The third-order valence-corrected chi connectivity index (χ3v) is 8.30. The Kier molecular flexibility index (Phi) is 8.23. The maximum absolute atomic E-state index is 14.3. The summed E-state index contributed by atoms with van der Waals surface area (Å²) in [6.07, 6.45) is 4.69. The first kappa shape index (κ1) is 26.8. The number of halogens is 1. The second-order valence-corrected chi connectivity index (χ2v) is 11.5. The first-order valence-corrected chi connectivity index (χ1v) is 14.5. The van der Waals surface area contributed by atoms with Gasteiger partial charge in [0.2, 0.25) is 20.9 Å². The van der Waals surface area contributed by atoms with Crippen molar-refractivity contribution in [2.45, 2.75) is 55.9 Å². The molecule has 8 nitrogen and oxygen atoms in total. The average molecular weight is 552 g/mol. The van der Waals surface area contributed by atoms with Crippen LogP contribution in [0.1, 0.15) is 35.4 Å². The highest BCUT2D eigenvalue weighted by molar-refractivity contribution is 7.90. The molecule has 0 radical (unpaired) electrons. The van der Waals surface area contributed by atoms with Gasteiger partial charge in [0.1, 0.15) is 11.6 Å². The number of benzene rings is 2. The Morgan fingerprint density at radius 1 is 1.05 bits per heavy atom. The maximum atomic E-state index is 14.3. The van der Waals surface area contributed by atoms with E-state index in [1.54, 1.807) is 33.9 Å². The topological polar surface area (TPSA) is 94.6 Å². The van der Waals surface area contributed by atoms with E-state index >= 15 is 0 Å². The summed E-state index contributed by atoms with van der Waals surface area (Å²) >= 11 is 0. The van der Waals surface area contributed by atoms with E-state index in [-0.39, 0.29) is 48.8 Å². The molecule has 0 unspecified atom stereocenters. The lowest BCUT2D eigenvalue weighted by Crippen LogP contribution is -2.33. The van der Waals surface area contributed by atoms with Crippen LogP contribution in [-0.2, 0) is 51.2 Å². The normalized spacial score (nSPS) is 15.5. The zero-order valence-electron chi connectivity index (χ0n) is 21.4. The lowest BCUT2D eigenvalue weighted by atomic mass is 10.1. The minimum Gasteiger partial charge on any atom is -0.467 e. The number of carbonyl (C=O) groups is 1. The number of nitrogens with zero attached hydrogens (tertiary/aromatic N) is 3. The van der Waals surface area contributed by atoms with Crippen LogP contribution in [0.3, 0.4) is 0 Å². The van der Waals surface area contributed by atoms with Gasteiger partial charge in [-0.25, -0.2) is 17.8 Å². The van der Waals surface area contributed by atoms with Crippen LogP contribution in [0.15, 0.2) is 88.8 Å². The van der Waals surface area contributed by atoms with Crippen LogP contribution < -0.4 is 0 Å². The van der Waals surface area contributed by atoms with Gasteiger partial charge in [0.25, 0.3) is 0 Å². The molecule has 39 heavy (non-hydrogen) atoms. The Balaban J connectivity index is 1.46. The number of sulfone groups is 1. The standard InChI is InChI=1S/C29H30FN3O5S/c30-27-13-5-4-10-23(27)21-39(35,36)29-31-17-24(33(29)20-26-12-7-15-38-26)18-32(19-25-11-6-14-37-25)28(34)16-22-8-2-1-3-9-22/h1-6,8-11,13-14,17,26H,7,12,15-16,18-21H2/t26-/m0/s1. The Hall–Kier alpha value is -3.76. The fourth-order valence-corrected chi connectivity index (χ4v) is 6.25. The molecule has 0 spiro atoms. The van der Waals surface area contributed by atoms with E-state index in [1.807, 2.05) is 30.3 Å². The molecule has 1 fully saturated rings. The lowest BCUT2D eigenvalue weighted by Gasteiger charge is -2.24. The fourth-order valence-electron chi connectivity index (χ4n) is 4.74. The van der Waals surface area contributed by atoms with E-state index in [4.69, 9.17) is 9.15 Å². The summed E-state index contributed by atoms with van der Waals surface area (Å²) in [4.78, 5) is 19.4. The van der Waals surface area contributed by atoms with Gasteiger partial charge in [-0.2, -0.15) is 0 Å². The number of amides is 1. The van der Waals surface area contributed by atoms with Crippen LogP contribution >= 0.6 is 0 Å². The second-order valence-electron chi connectivity index (χ2n) is 9.62. The molecule has 1 atom stereocenters. The maximum Gasteiger partial charge on any atom is 0.228 e. The summed E-state index contributed by atoms with van der Waals surface area (Å²) in [5, 5.41) is -0.162. The van der Waals surface area contributed by atoms with Crippen molar-refractivity contribution in [1.29, 1.82) is 0 Å². The zero-order chi connectivity index (χ0) is 27.2. The highest BCUT2D eigenvalue weighted by Crippen LogP contribution is 2.24. The van der Waals surface area contributed by atoms with Gasteiger partial charge in [-0.05, 0) is 36.6 Å². The SMILES string of the molecule is O=C(Cc1ccccc1)N(Cc1ccco1)Cc1cnc(S(=O)(=O)Cc2ccccc2F)n1C[C@@H]1CCCO1. The number of rotatable bonds is 11. The van der Waals surface area contributed by atoms with E-state index in [0.29, 0.717) is 18.1 Å². The molecule has 4 aromatic rings. The van der Waals surface area contributed by atoms with E-state index in [0.717, 1.165) is 18.4 Å². The van der Waals surface area contributed by atoms with Gasteiger partial charge < -0.3 is 18.6 Å². The van der Waals surface area contributed by atoms with Crippen molar-refractivity contribution in [3.05, 3.63) is 108 Å². The Bertz CT molecular complexity index is 1500. The smallest absolute Gasteiger partial charge is 0.228 e. The van der Waals surface area contributed by atoms with Crippen molar-refractivity contribution in [3.8, 4) is 0 Å². The third kappa shape index (κ3) is 6.63. The number of aromatic nitrogens is 2. The molecule has 2 aromatic heterocycles. The summed E-state index contributed by atoms with van der Waals surface area (Å²) in [6, 6.07) is 18.8. The largest absolute Gasteiger partial charge is 0.467 e. The molecule has 3 heterocycles. The number of ether oxygens (including phenoxy) is 1. The first-order valence-electron chi connectivity index (χ1n) is 12.9. The van der Waals surface area contributed by atoms with Crippen molar-refractivity contribution in [3.63, 3.8) is 0 Å². The summed E-state index contributed by atoms with van der Waals surface area (Å²) in [5.74, 6) is -0.646. The van der Waals surface area contributed by atoms with E-state index in [2.05, 4.69) is 4.98 Å². The number of hydrogen-bond acceptors (Lipinski definition) is 6. The van der Waals surface area contributed by atoms with Gasteiger partial charge in [-0.3, -0.25) is 4.79 Å². The van der Waals surface area contributed by atoms with Gasteiger partial charge in [0.15, 0.2) is 0 Å². The molecule has 2 aromatic carbocycles. The molecule has 0 aliphatic carbocycles. The van der Waals surface area contributed by atoms with Crippen LogP contribution in [0.4, 0.5) is 4.39 Å². The fraction of sp³-hybridized carbons (Fsp3) is 0.310. The monoisotopic (exact) mass is 551 g/mol. The van der Waals surface area contributed by atoms with Crippen molar-refractivity contribution in [1.82, 2.24) is 14.5 Å². The molecule has 5 rings (SSSR count). The predicted molar refractivity (Wildman–Crippen MR) is 142 cm³/mol. The number of imidazole rings is 1. The molecule has 1 saturated heterocycles. The molecule has 1 amide bonds. The molecule has 1 aliphatic heterocycles. The Morgan fingerprint density at radius 3 is 2.56 bits per heavy atom. The third-order valence-electron chi connectivity index (χ3n) is 6.72. The van der Waals surface area contributed by atoms with E-state index in [1.165, 1.54) is 24.4 Å². The van der Waals surface area contributed by atoms with Gasteiger partial charge in [0, 0.05) is 12.2 Å². The molecule has 1 aliphatic rings. The number of hydrogen-bond donors (Lipinski definition) is 0. The molecule has 0 saturated carbocycles.